The second kappa shape index (κ2) is 8.43. The van der Waals surface area contributed by atoms with Gasteiger partial charge in [0.05, 0.1) is 0 Å². The molecule has 0 saturated heterocycles. The normalized spacial score (nSPS) is 20.1. The van der Waals surface area contributed by atoms with E-state index >= 15 is 0 Å². The van der Waals surface area contributed by atoms with Gasteiger partial charge < -0.3 is 13.9 Å². The van der Waals surface area contributed by atoms with Gasteiger partial charge in [-0.25, -0.2) is 10.4 Å². The summed E-state index contributed by atoms with van der Waals surface area (Å²) in [6.07, 6.45) is -0.408. The third-order valence-corrected chi connectivity index (χ3v) is 4.98. The Kier molecular flexibility index (Phi) is 5.72. The SMILES string of the molecule is CCOC(C)C1(OCC)N=C(c2ccccc2)N(NC)N1c1nc2ccccc2o1. The van der Waals surface area contributed by atoms with Gasteiger partial charge in [0, 0.05) is 25.8 Å². The summed E-state index contributed by atoms with van der Waals surface area (Å²) in [5.41, 5.74) is 5.58. The number of para-hydroxylation sites is 2. The maximum atomic E-state index is 6.28. The first-order valence-electron chi connectivity index (χ1n) is 10.2. The third kappa shape index (κ3) is 3.32. The standard InChI is InChI=1S/C22H27N5O3/c1-5-28-16(3)22(29-6-2)25-20(17-12-8-7-9-13-17)27(23-4)26(22)21-24-18-14-10-11-15-19(18)30-21/h7-16,23H,5-6H2,1-4H3. The van der Waals surface area contributed by atoms with E-state index in [2.05, 4.69) is 5.43 Å². The summed E-state index contributed by atoms with van der Waals surface area (Å²) >= 11 is 0. The molecule has 1 aliphatic heterocycles. The van der Waals surface area contributed by atoms with E-state index in [9.17, 15) is 0 Å². The Morgan fingerprint density at radius 3 is 2.47 bits per heavy atom. The van der Waals surface area contributed by atoms with Gasteiger partial charge in [0.15, 0.2) is 11.4 Å². The van der Waals surface area contributed by atoms with E-state index in [1.54, 1.807) is 10.1 Å². The van der Waals surface area contributed by atoms with Crippen molar-refractivity contribution in [1.82, 2.24) is 15.5 Å². The molecule has 0 spiro atoms. The Morgan fingerprint density at radius 1 is 1.07 bits per heavy atom. The molecule has 30 heavy (non-hydrogen) atoms. The van der Waals surface area contributed by atoms with E-state index in [1.807, 2.05) is 82.4 Å². The van der Waals surface area contributed by atoms with E-state index in [0.717, 1.165) is 11.1 Å². The van der Waals surface area contributed by atoms with Crippen molar-refractivity contribution >= 4 is 22.9 Å². The highest BCUT2D eigenvalue weighted by Gasteiger charge is 2.55. The van der Waals surface area contributed by atoms with E-state index in [0.29, 0.717) is 30.6 Å². The van der Waals surface area contributed by atoms with Crippen LogP contribution in [0.2, 0.25) is 0 Å². The zero-order valence-corrected chi connectivity index (χ0v) is 17.7. The molecule has 0 bridgehead atoms. The first-order valence-corrected chi connectivity index (χ1v) is 10.2. The molecule has 1 aliphatic rings. The van der Waals surface area contributed by atoms with E-state index in [4.69, 9.17) is 23.9 Å². The average Bonchev–Trinajstić information content (AvgIpc) is 3.34. The van der Waals surface area contributed by atoms with Crippen LogP contribution in [0.1, 0.15) is 26.3 Å². The number of oxazole rings is 1. The number of benzene rings is 2. The van der Waals surface area contributed by atoms with Crippen molar-refractivity contribution in [2.75, 3.05) is 25.3 Å². The number of anilines is 1. The first-order chi connectivity index (χ1) is 14.6. The zero-order chi connectivity index (χ0) is 21.1. The van der Waals surface area contributed by atoms with Crippen LogP contribution in [0, 0.1) is 0 Å². The number of hydrogen-bond donors (Lipinski definition) is 1. The minimum atomic E-state index is -1.19. The van der Waals surface area contributed by atoms with Crippen molar-refractivity contribution in [2.45, 2.75) is 32.7 Å². The van der Waals surface area contributed by atoms with Crippen LogP contribution >= 0.6 is 0 Å². The fourth-order valence-corrected chi connectivity index (χ4v) is 3.68. The predicted octanol–water partition coefficient (Wildman–Crippen LogP) is 3.56. The molecule has 4 rings (SSSR count). The number of aliphatic imine (C=N–C) groups is 1. The third-order valence-electron chi connectivity index (χ3n) is 4.98. The van der Waals surface area contributed by atoms with Gasteiger partial charge in [0.25, 0.3) is 5.85 Å². The topological polar surface area (TPSA) is 75.4 Å². The van der Waals surface area contributed by atoms with Crippen LogP contribution in [0.15, 0.2) is 64.0 Å². The smallest absolute Gasteiger partial charge is 0.323 e. The molecule has 1 N–H and O–H groups in total. The van der Waals surface area contributed by atoms with Crippen LogP contribution in [0.3, 0.4) is 0 Å². The molecule has 158 valence electrons. The Morgan fingerprint density at radius 2 is 1.80 bits per heavy atom. The van der Waals surface area contributed by atoms with Crippen molar-refractivity contribution in [3.05, 3.63) is 60.2 Å². The van der Waals surface area contributed by atoms with Crippen molar-refractivity contribution in [1.29, 1.82) is 0 Å². The molecular weight excluding hydrogens is 382 g/mol. The second-order valence-corrected chi connectivity index (χ2v) is 6.80. The average molecular weight is 409 g/mol. The monoisotopic (exact) mass is 409 g/mol. The highest BCUT2D eigenvalue weighted by Crippen LogP contribution is 2.39. The number of nitrogens with zero attached hydrogens (tertiary/aromatic N) is 4. The molecule has 2 unspecified atom stereocenters. The molecule has 0 fully saturated rings. The summed E-state index contributed by atoms with van der Waals surface area (Å²) in [7, 11) is 1.82. The minimum absolute atomic E-state index is 0.361. The molecule has 8 nitrogen and oxygen atoms in total. The lowest BCUT2D eigenvalue weighted by Gasteiger charge is -2.40. The number of hydrazine groups is 2. The molecule has 0 saturated carbocycles. The fourth-order valence-electron chi connectivity index (χ4n) is 3.68. The van der Waals surface area contributed by atoms with E-state index in [1.165, 1.54) is 0 Å². The summed E-state index contributed by atoms with van der Waals surface area (Å²) in [4.78, 5) is 9.75. The van der Waals surface area contributed by atoms with Crippen molar-refractivity contribution < 1.29 is 13.9 Å². The van der Waals surface area contributed by atoms with Gasteiger partial charge in [-0.15, -0.1) is 0 Å². The maximum Gasteiger partial charge on any atom is 0.323 e. The molecule has 0 aliphatic carbocycles. The zero-order valence-electron chi connectivity index (χ0n) is 17.7. The molecule has 2 atom stereocenters. The number of amidine groups is 1. The quantitative estimate of drug-likeness (QED) is 0.610. The van der Waals surface area contributed by atoms with E-state index < -0.39 is 12.0 Å². The van der Waals surface area contributed by atoms with Gasteiger partial charge in [0.1, 0.15) is 11.6 Å². The number of nitrogens with one attached hydrogen (secondary N) is 1. The van der Waals surface area contributed by atoms with Crippen LogP contribution in [-0.2, 0) is 9.47 Å². The Labute approximate surface area is 176 Å². The van der Waals surface area contributed by atoms with Gasteiger partial charge in [0.2, 0.25) is 0 Å². The van der Waals surface area contributed by atoms with Crippen LogP contribution in [0.4, 0.5) is 6.01 Å². The summed E-state index contributed by atoms with van der Waals surface area (Å²) in [6, 6.07) is 17.9. The summed E-state index contributed by atoms with van der Waals surface area (Å²) < 4.78 is 18.4. The number of ether oxygens (including phenoxy) is 2. The van der Waals surface area contributed by atoms with Crippen LogP contribution < -0.4 is 10.4 Å². The number of hydrogen-bond acceptors (Lipinski definition) is 8. The van der Waals surface area contributed by atoms with Crippen molar-refractivity contribution in [3.8, 4) is 0 Å². The minimum Gasteiger partial charge on any atom is -0.422 e. The first kappa shape index (κ1) is 20.3. The predicted molar refractivity (Wildman–Crippen MR) is 116 cm³/mol. The number of aromatic nitrogens is 1. The van der Waals surface area contributed by atoms with Gasteiger partial charge in [-0.3, -0.25) is 0 Å². The van der Waals surface area contributed by atoms with E-state index in [-0.39, 0.29) is 0 Å². The molecule has 3 aromatic rings. The molecular formula is C22H27N5O3. The van der Waals surface area contributed by atoms with Crippen LogP contribution in [0.25, 0.3) is 11.1 Å². The molecule has 8 heteroatoms. The number of rotatable bonds is 8. The largest absolute Gasteiger partial charge is 0.422 e. The van der Waals surface area contributed by atoms with Gasteiger partial charge in [-0.1, -0.05) is 42.5 Å². The fraction of sp³-hybridized carbons (Fsp3) is 0.364. The summed E-state index contributed by atoms with van der Waals surface area (Å²) in [5.74, 6) is -0.514. The van der Waals surface area contributed by atoms with Gasteiger partial charge in [-0.2, -0.15) is 15.1 Å². The molecule has 2 aromatic carbocycles. The van der Waals surface area contributed by atoms with Gasteiger partial charge >= 0.3 is 6.01 Å². The number of fused-ring (bicyclic) bond motifs is 1. The summed E-state index contributed by atoms with van der Waals surface area (Å²) in [6.45, 7) is 6.78. The Bertz CT molecular complexity index is 989. The molecule has 2 heterocycles. The Balaban J connectivity index is 1.91. The molecule has 0 radical (unpaired) electrons. The lowest BCUT2D eigenvalue weighted by Crippen LogP contribution is -2.62. The highest BCUT2D eigenvalue weighted by molar-refractivity contribution is 6.01. The second-order valence-electron chi connectivity index (χ2n) is 6.80. The lowest BCUT2D eigenvalue weighted by atomic mass is 10.2. The lowest BCUT2D eigenvalue weighted by molar-refractivity contribution is -0.142. The molecule has 0 amide bonds. The maximum absolute atomic E-state index is 6.28. The summed E-state index contributed by atoms with van der Waals surface area (Å²) in [5, 5.41) is 3.59. The van der Waals surface area contributed by atoms with Crippen molar-refractivity contribution in [2.24, 2.45) is 4.99 Å². The molecule has 1 aromatic heterocycles. The van der Waals surface area contributed by atoms with Crippen LogP contribution in [-0.4, -0.2) is 48.2 Å². The highest BCUT2D eigenvalue weighted by atomic mass is 16.6. The van der Waals surface area contributed by atoms with Crippen LogP contribution in [0.5, 0.6) is 0 Å². The van der Waals surface area contributed by atoms with Gasteiger partial charge in [-0.05, 0) is 32.9 Å². The van der Waals surface area contributed by atoms with Crippen molar-refractivity contribution in [3.63, 3.8) is 0 Å². The Hall–Kier alpha value is -2.94.